The fraction of sp³-hybridized carbons (Fsp3) is 0. The molecule has 5 heteroatoms. The van der Waals surface area contributed by atoms with Gasteiger partial charge in [0.15, 0.2) is 0 Å². The standard InChI is InChI=1S/C17H12N4O/c1-2-5-15-14(4-1)20-16(21-15)12-6-8-13(9-7-12)22-17-18-10-3-11-19-17/h1-11H,(H,20,21). The molecule has 0 bridgehead atoms. The number of benzene rings is 2. The van der Waals surface area contributed by atoms with Crippen LogP contribution in [0.3, 0.4) is 0 Å². The number of hydrogen-bond donors (Lipinski definition) is 1. The molecule has 0 atom stereocenters. The molecule has 1 N–H and O–H groups in total. The molecule has 2 aromatic carbocycles. The number of H-pyrrole nitrogens is 1. The quantitative estimate of drug-likeness (QED) is 0.622. The largest absolute Gasteiger partial charge is 0.424 e. The molecule has 0 spiro atoms. The summed E-state index contributed by atoms with van der Waals surface area (Å²) in [5, 5.41) is 0. The molecule has 4 rings (SSSR count). The van der Waals surface area contributed by atoms with Crippen molar-refractivity contribution in [1.82, 2.24) is 19.9 Å². The zero-order valence-electron chi connectivity index (χ0n) is 11.6. The van der Waals surface area contributed by atoms with Crippen molar-refractivity contribution in [3.63, 3.8) is 0 Å². The Morgan fingerprint density at radius 2 is 1.59 bits per heavy atom. The van der Waals surface area contributed by atoms with Crippen molar-refractivity contribution in [3.05, 3.63) is 67.0 Å². The van der Waals surface area contributed by atoms with Gasteiger partial charge in [0.2, 0.25) is 0 Å². The second-order valence-corrected chi connectivity index (χ2v) is 4.76. The molecular weight excluding hydrogens is 276 g/mol. The summed E-state index contributed by atoms with van der Waals surface area (Å²) in [6, 6.07) is 17.7. The van der Waals surface area contributed by atoms with Gasteiger partial charge in [-0.05, 0) is 42.5 Å². The zero-order chi connectivity index (χ0) is 14.8. The predicted octanol–water partition coefficient (Wildman–Crippen LogP) is 3.81. The van der Waals surface area contributed by atoms with Crippen LogP contribution in [0.25, 0.3) is 22.4 Å². The summed E-state index contributed by atoms with van der Waals surface area (Å²) in [5.74, 6) is 1.52. The highest BCUT2D eigenvalue weighted by atomic mass is 16.5. The highest BCUT2D eigenvalue weighted by Gasteiger charge is 2.05. The number of rotatable bonds is 3. The van der Waals surface area contributed by atoms with Crippen molar-refractivity contribution >= 4 is 11.0 Å². The molecule has 0 aliphatic rings. The van der Waals surface area contributed by atoms with Gasteiger partial charge in [-0.2, -0.15) is 0 Å². The molecule has 5 nitrogen and oxygen atoms in total. The molecule has 22 heavy (non-hydrogen) atoms. The minimum absolute atomic E-state index is 0.332. The third-order valence-corrected chi connectivity index (χ3v) is 3.27. The fourth-order valence-electron chi connectivity index (χ4n) is 2.21. The normalized spacial score (nSPS) is 10.7. The Balaban J connectivity index is 1.61. The molecular formula is C17H12N4O. The van der Waals surface area contributed by atoms with Gasteiger partial charge in [0.05, 0.1) is 11.0 Å². The van der Waals surface area contributed by atoms with Gasteiger partial charge in [-0.15, -0.1) is 0 Å². The van der Waals surface area contributed by atoms with Crippen molar-refractivity contribution in [3.8, 4) is 23.1 Å². The van der Waals surface area contributed by atoms with Crippen molar-refractivity contribution in [2.45, 2.75) is 0 Å². The van der Waals surface area contributed by atoms with Gasteiger partial charge < -0.3 is 9.72 Å². The molecule has 0 aliphatic carbocycles. The minimum Gasteiger partial charge on any atom is -0.424 e. The summed E-state index contributed by atoms with van der Waals surface area (Å²) in [7, 11) is 0. The van der Waals surface area contributed by atoms with E-state index in [0.717, 1.165) is 22.4 Å². The van der Waals surface area contributed by atoms with E-state index in [2.05, 4.69) is 19.9 Å². The summed E-state index contributed by atoms with van der Waals surface area (Å²) < 4.78 is 5.58. The first-order valence-corrected chi connectivity index (χ1v) is 6.88. The van der Waals surface area contributed by atoms with Crippen LogP contribution in [0.2, 0.25) is 0 Å². The molecule has 4 aromatic rings. The lowest BCUT2D eigenvalue weighted by Crippen LogP contribution is -1.90. The molecule has 0 aliphatic heterocycles. The first kappa shape index (κ1) is 12.5. The van der Waals surface area contributed by atoms with Gasteiger partial charge in [-0.1, -0.05) is 12.1 Å². The van der Waals surface area contributed by atoms with Crippen molar-refractivity contribution in [2.75, 3.05) is 0 Å². The van der Waals surface area contributed by atoms with Crippen LogP contribution < -0.4 is 4.74 Å². The minimum atomic E-state index is 0.332. The Bertz CT molecular complexity index is 868. The van der Waals surface area contributed by atoms with Crippen LogP contribution in [0, 0.1) is 0 Å². The van der Waals surface area contributed by atoms with E-state index >= 15 is 0 Å². The predicted molar refractivity (Wildman–Crippen MR) is 83.6 cm³/mol. The smallest absolute Gasteiger partial charge is 0.321 e. The SMILES string of the molecule is c1cnc(Oc2ccc(-c3nc4ccccc4[nH]3)cc2)nc1. The lowest BCUT2D eigenvalue weighted by molar-refractivity contribution is 0.442. The number of aromatic amines is 1. The van der Waals surface area contributed by atoms with Crippen LogP contribution in [-0.2, 0) is 0 Å². The number of hydrogen-bond acceptors (Lipinski definition) is 4. The number of nitrogens with zero attached hydrogens (tertiary/aromatic N) is 3. The van der Waals surface area contributed by atoms with Gasteiger partial charge in [0.25, 0.3) is 0 Å². The number of fused-ring (bicyclic) bond motifs is 1. The third-order valence-electron chi connectivity index (χ3n) is 3.27. The number of nitrogens with one attached hydrogen (secondary N) is 1. The number of ether oxygens (including phenoxy) is 1. The van der Waals surface area contributed by atoms with Gasteiger partial charge in [-0.25, -0.2) is 15.0 Å². The second kappa shape index (κ2) is 5.29. The van der Waals surface area contributed by atoms with Crippen LogP contribution in [0.1, 0.15) is 0 Å². The maximum absolute atomic E-state index is 5.58. The fourth-order valence-corrected chi connectivity index (χ4v) is 2.21. The van der Waals surface area contributed by atoms with E-state index in [9.17, 15) is 0 Å². The van der Waals surface area contributed by atoms with Gasteiger partial charge in [-0.3, -0.25) is 0 Å². The topological polar surface area (TPSA) is 63.7 Å². The highest BCUT2D eigenvalue weighted by molar-refractivity contribution is 5.79. The number of para-hydroxylation sites is 2. The van der Waals surface area contributed by atoms with E-state index in [-0.39, 0.29) is 0 Å². The highest BCUT2D eigenvalue weighted by Crippen LogP contribution is 2.24. The summed E-state index contributed by atoms with van der Waals surface area (Å²) in [6.07, 6.45) is 3.29. The summed E-state index contributed by atoms with van der Waals surface area (Å²) >= 11 is 0. The summed E-state index contributed by atoms with van der Waals surface area (Å²) in [4.78, 5) is 15.9. The monoisotopic (exact) mass is 288 g/mol. The van der Waals surface area contributed by atoms with Crippen molar-refractivity contribution in [1.29, 1.82) is 0 Å². The van der Waals surface area contributed by atoms with E-state index in [1.807, 2.05) is 48.5 Å². The lowest BCUT2D eigenvalue weighted by Gasteiger charge is -2.03. The summed E-state index contributed by atoms with van der Waals surface area (Å²) in [5.41, 5.74) is 2.98. The Labute approximate surface area is 126 Å². The summed E-state index contributed by atoms with van der Waals surface area (Å²) in [6.45, 7) is 0. The Kier molecular flexibility index (Phi) is 3.01. The zero-order valence-corrected chi connectivity index (χ0v) is 11.6. The first-order valence-electron chi connectivity index (χ1n) is 6.88. The molecule has 0 radical (unpaired) electrons. The van der Waals surface area contributed by atoms with E-state index < -0.39 is 0 Å². The molecule has 0 fully saturated rings. The lowest BCUT2D eigenvalue weighted by atomic mass is 10.2. The van der Waals surface area contributed by atoms with Crippen LogP contribution in [0.5, 0.6) is 11.8 Å². The maximum atomic E-state index is 5.58. The molecule has 0 saturated heterocycles. The van der Waals surface area contributed by atoms with Crippen LogP contribution in [0.15, 0.2) is 67.0 Å². The van der Waals surface area contributed by atoms with Crippen molar-refractivity contribution in [2.24, 2.45) is 0 Å². The number of aromatic nitrogens is 4. The third kappa shape index (κ3) is 2.40. The van der Waals surface area contributed by atoms with Gasteiger partial charge in [0.1, 0.15) is 11.6 Å². The molecule has 0 unspecified atom stereocenters. The average molecular weight is 288 g/mol. The Morgan fingerprint density at radius 1 is 0.818 bits per heavy atom. The first-order chi connectivity index (χ1) is 10.9. The molecule has 2 heterocycles. The van der Waals surface area contributed by atoms with E-state index in [0.29, 0.717) is 11.8 Å². The maximum Gasteiger partial charge on any atom is 0.321 e. The van der Waals surface area contributed by atoms with E-state index in [1.165, 1.54) is 0 Å². The molecule has 0 amide bonds. The van der Waals surface area contributed by atoms with Crippen LogP contribution >= 0.6 is 0 Å². The number of imidazole rings is 1. The molecule has 2 aromatic heterocycles. The van der Waals surface area contributed by atoms with Crippen LogP contribution in [-0.4, -0.2) is 19.9 Å². The Morgan fingerprint density at radius 3 is 2.36 bits per heavy atom. The van der Waals surface area contributed by atoms with Crippen LogP contribution in [0.4, 0.5) is 0 Å². The molecule has 106 valence electrons. The Hall–Kier alpha value is -3.21. The van der Waals surface area contributed by atoms with E-state index in [1.54, 1.807) is 18.5 Å². The average Bonchev–Trinajstić information content (AvgIpc) is 3.00. The second-order valence-electron chi connectivity index (χ2n) is 4.76. The van der Waals surface area contributed by atoms with Crippen molar-refractivity contribution < 1.29 is 4.74 Å². The van der Waals surface area contributed by atoms with Gasteiger partial charge in [0, 0.05) is 18.0 Å². The molecule has 0 saturated carbocycles. The van der Waals surface area contributed by atoms with Gasteiger partial charge >= 0.3 is 6.01 Å². The van der Waals surface area contributed by atoms with E-state index in [4.69, 9.17) is 4.74 Å².